The monoisotopic (exact) mass is 542 g/mol. The van der Waals surface area contributed by atoms with E-state index < -0.39 is 6.04 Å². The number of fused-ring (bicyclic) bond motifs is 2. The zero-order valence-corrected chi connectivity index (χ0v) is 23.0. The van der Waals surface area contributed by atoms with Gasteiger partial charge in [0.25, 0.3) is 11.5 Å². The minimum absolute atomic E-state index is 0.276. The van der Waals surface area contributed by atoms with Crippen LogP contribution in [-0.4, -0.2) is 39.8 Å². The molecule has 0 bridgehead atoms. The molecule has 0 saturated carbocycles. The lowest BCUT2D eigenvalue weighted by Gasteiger charge is -2.20. The second-order valence-electron chi connectivity index (χ2n) is 9.85. The summed E-state index contributed by atoms with van der Waals surface area (Å²) >= 11 is 0. The van der Waals surface area contributed by atoms with Gasteiger partial charge in [-0.15, -0.1) is 0 Å². The van der Waals surface area contributed by atoms with Crippen LogP contribution >= 0.6 is 0 Å². The van der Waals surface area contributed by atoms with Crippen LogP contribution in [0.4, 0.5) is 0 Å². The molecule has 1 atom stereocenters. The van der Waals surface area contributed by atoms with Gasteiger partial charge in [0.15, 0.2) is 5.65 Å². The first kappa shape index (κ1) is 25.7. The van der Waals surface area contributed by atoms with Crippen molar-refractivity contribution in [2.24, 2.45) is 7.05 Å². The lowest BCUT2D eigenvalue weighted by atomic mass is 10.1. The van der Waals surface area contributed by atoms with E-state index in [2.05, 4.69) is 32.3 Å². The number of aromatic nitrogens is 7. The fourth-order valence-electron chi connectivity index (χ4n) is 4.88. The molecular weight excluding hydrogens is 516 g/mol. The average molecular weight is 543 g/mol. The lowest BCUT2D eigenvalue weighted by molar-refractivity contribution is 0.0938. The molecule has 6 rings (SSSR count). The van der Waals surface area contributed by atoms with Gasteiger partial charge < -0.3 is 5.32 Å². The van der Waals surface area contributed by atoms with Crippen molar-refractivity contribution in [3.05, 3.63) is 117 Å². The van der Waals surface area contributed by atoms with Crippen LogP contribution in [0.3, 0.4) is 0 Å². The Morgan fingerprint density at radius 2 is 1.90 bits per heavy atom. The Hall–Kier alpha value is -5.56. The number of rotatable bonds is 4. The molecule has 0 radical (unpaired) electrons. The lowest BCUT2D eigenvalue weighted by Crippen LogP contribution is -2.33. The number of nitrogens with one attached hydrogen (secondary N) is 1. The minimum Gasteiger partial charge on any atom is -0.342 e. The van der Waals surface area contributed by atoms with E-state index >= 15 is 0 Å². The van der Waals surface area contributed by atoms with Crippen LogP contribution in [0.15, 0.2) is 78.1 Å². The van der Waals surface area contributed by atoms with E-state index in [0.717, 1.165) is 11.1 Å². The Morgan fingerprint density at radius 1 is 1.07 bits per heavy atom. The highest BCUT2D eigenvalue weighted by Crippen LogP contribution is 2.22. The number of carbonyl (C=O) groups is 1. The molecule has 0 saturated heterocycles. The third-order valence-corrected chi connectivity index (χ3v) is 6.76. The Balaban J connectivity index is 1.49. The van der Waals surface area contributed by atoms with Gasteiger partial charge in [0.1, 0.15) is 11.4 Å². The first-order chi connectivity index (χ1) is 19.8. The molecule has 10 heteroatoms. The molecule has 1 N–H and O–H groups in total. The van der Waals surface area contributed by atoms with Crippen molar-refractivity contribution >= 4 is 22.5 Å². The fourth-order valence-corrected chi connectivity index (χ4v) is 4.88. The summed E-state index contributed by atoms with van der Waals surface area (Å²) < 4.78 is 4.79. The number of carbonyl (C=O) groups excluding carboxylic acids is 1. The molecule has 0 spiro atoms. The Morgan fingerprint density at radius 3 is 2.68 bits per heavy atom. The Bertz CT molecular complexity index is 2090. The molecule has 0 unspecified atom stereocenters. The number of hydrogen-bond acceptors (Lipinski definition) is 6. The zero-order chi connectivity index (χ0) is 28.7. The molecule has 6 aromatic rings. The summed E-state index contributed by atoms with van der Waals surface area (Å²) in [5, 5.41) is 12.0. The van der Waals surface area contributed by atoms with Crippen LogP contribution in [0.2, 0.25) is 0 Å². The van der Waals surface area contributed by atoms with Crippen molar-refractivity contribution < 1.29 is 4.79 Å². The predicted octanol–water partition coefficient (Wildman–Crippen LogP) is 3.67. The zero-order valence-electron chi connectivity index (χ0n) is 23.0. The predicted molar refractivity (Wildman–Crippen MR) is 155 cm³/mol. The van der Waals surface area contributed by atoms with Crippen LogP contribution in [0.25, 0.3) is 22.2 Å². The third-order valence-electron chi connectivity index (χ3n) is 6.76. The van der Waals surface area contributed by atoms with Crippen LogP contribution < -0.4 is 10.9 Å². The smallest absolute Gasteiger partial charge is 0.267 e. The molecule has 4 heterocycles. The molecule has 0 aliphatic heterocycles. The maximum absolute atomic E-state index is 14.2. The van der Waals surface area contributed by atoms with Crippen LogP contribution in [0.1, 0.15) is 51.5 Å². The van der Waals surface area contributed by atoms with Gasteiger partial charge in [-0.05, 0) is 56.7 Å². The second-order valence-corrected chi connectivity index (χ2v) is 9.85. The van der Waals surface area contributed by atoms with Crippen LogP contribution in [0.5, 0.6) is 0 Å². The highest BCUT2D eigenvalue weighted by Gasteiger charge is 2.24. The second kappa shape index (κ2) is 10.2. The highest BCUT2D eigenvalue weighted by atomic mass is 16.2. The van der Waals surface area contributed by atoms with E-state index in [9.17, 15) is 9.59 Å². The van der Waals surface area contributed by atoms with Crippen LogP contribution in [-0.2, 0) is 7.05 Å². The number of amides is 1. The molecule has 41 heavy (non-hydrogen) atoms. The van der Waals surface area contributed by atoms with Gasteiger partial charge in [-0.25, -0.2) is 14.5 Å². The number of benzene rings is 2. The molecular formula is C31H26N8O2. The topological polar surface area (TPSA) is 112 Å². The van der Waals surface area contributed by atoms with E-state index in [0.29, 0.717) is 44.9 Å². The van der Waals surface area contributed by atoms with Gasteiger partial charge in [0.05, 0.1) is 40.1 Å². The fraction of sp³-hybridized carbons (Fsp3) is 0.161. The summed E-state index contributed by atoms with van der Waals surface area (Å²) in [7, 11) is 1.82. The van der Waals surface area contributed by atoms with Gasteiger partial charge >= 0.3 is 0 Å². The SMILES string of the molecule is Cc1cccc(-n2c([C@H](C)NC(=O)c3c(C)nn4cccnc34)nc3cccc(C#Cc4cnn(C)c4)c3c2=O)c1. The summed E-state index contributed by atoms with van der Waals surface area (Å²) in [5.74, 6) is 6.25. The van der Waals surface area contributed by atoms with Gasteiger partial charge in [0, 0.05) is 31.2 Å². The number of hydrogen-bond donors (Lipinski definition) is 1. The Kier molecular flexibility index (Phi) is 6.40. The molecule has 10 nitrogen and oxygen atoms in total. The summed E-state index contributed by atoms with van der Waals surface area (Å²) in [6, 6.07) is 14.1. The molecule has 0 aliphatic rings. The van der Waals surface area contributed by atoms with E-state index in [1.165, 1.54) is 0 Å². The maximum Gasteiger partial charge on any atom is 0.267 e. The van der Waals surface area contributed by atoms with Crippen molar-refractivity contribution in [2.45, 2.75) is 26.8 Å². The van der Waals surface area contributed by atoms with Crippen LogP contribution in [0, 0.1) is 25.7 Å². The normalized spacial score (nSPS) is 11.8. The van der Waals surface area contributed by atoms with Crippen molar-refractivity contribution in [3.63, 3.8) is 0 Å². The summed E-state index contributed by atoms with van der Waals surface area (Å²) in [6.07, 6.45) is 6.84. The van der Waals surface area contributed by atoms with Gasteiger partial charge in [-0.1, -0.05) is 30.0 Å². The summed E-state index contributed by atoms with van der Waals surface area (Å²) in [4.78, 5) is 37.0. The molecule has 202 valence electrons. The molecule has 0 aliphatic carbocycles. The van der Waals surface area contributed by atoms with Gasteiger partial charge in [-0.2, -0.15) is 10.2 Å². The summed E-state index contributed by atoms with van der Waals surface area (Å²) in [6.45, 7) is 5.53. The average Bonchev–Trinajstić information content (AvgIpc) is 3.52. The summed E-state index contributed by atoms with van der Waals surface area (Å²) in [5.41, 5.74) is 4.50. The van der Waals surface area contributed by atoms with Gasteiger partial charge in [-0.3, -0.25) is 18.8 Å². The first-order valence-electron chi connectivity index (χ1n) is 13.0. The van der Waals surface area contributed by atoms with E-state index in [4.69, 9.17) is 4.98 Å². The van der Waals surface area contributed by atoms with E-state index in [1.54, 1.807) is 64.4 Å². The Labute approximate surface area is 235 Å². The van der Waals surface area contributed by atoms with Crippen molar-refractivity contribution in [2.75, 3.05) is 0 Å². The number of nitrogens with zero attached hydrogens (tertiary/aromatic N) is 7. The van der Waals surface area contributed by atoms with Crippen molar-refractivity contribution in [3.8, 4) is 17.5 Å². The standard InChI is InChI=1S/C31H26N8O2/c1-19-8-5-10-24(16-19)39-28(21(3)34-30(40)26-20(2)36-38-15-7-14-32-29(26)38)35-25-11-6-9-23(27(25)31(39)41)13-12-22-17-33-37(4)18-22/h5-11,14-18,21H,1-4H3,(H,34,40)/t21-/m0/s1. The number of aryl methyl sites for hydroxylation is 3. The largest absolute Gasteiger partial charge is 0.342 e. The molecule has 1 amide bonds. The van der Waals surface area contributed by atoms with Gasteiger partial charge in [0.2, 0.25) is 0 Å². The van der Waals surface area contributed by atoms with Crippen molar-refractivity contribution in [1.82, 2.24) is 39.2 Å². The maximum atomic E-state index is 14.2. The molecule has 2 aromatic carbocycles. The molecule has 0 fully saturated rings. The third kappa shape index (κ3) is 4.74. The first-order valence-corrected chi connectivity index (χ1v) is 13.0. The van der Waals surface area contributed by atoms with E-state index in [1.807, 2.05) is 50.5 Å². The quantitative estimate of drug-likeness (QED) is 0.340. The van der Waals surface area contributed by atoms with Crippen molar-refractivity contribution in [1.29, 1.82) is 0 Å². The highest BCUT2D eigenvalue weighted by molar-refractivity contribution is 6.01. The van der Waals surface area contributed by atoms with E-state index in [-0.39, 0.29) is 11.5 Å². The molecule has 4 aromatic heterocycles. The minimum atomic E-state index is -0.636.